The van der Waals surface area contributed by atoms with E-state index >= 15 is 0 Å². The lowest BCUT2D eigenvalue weighted by molar-refractivity contribution is -0.237. The molecule has 0 bridgehead atoms. The van der Waals surface area contributed by atoms with Gasteiger partial charge in [0.1, 0.15) is 6.23 Å². The molecule has 0 aliphatic rings. The predicted octanol–water partition coefficient (Wildman–Crippen LogP) is 0.814. The molecule has 0 heterocycles. The van der Waals surface area contributed by atoms with E-state index in [4.69, 9.17) is 10.3 Å². The first-order valence-corrected chi connectivity index (χ1v) is 3.02. The van der Waals surface area contributed by atoms with E-state index in [0.29, 0.717) is 0 Å². The molecule has 0 spiro atoms. The Bertz CT molecular complexity index is 85.5. The van der Waals surface area contributed by atoms with Crippen LogP contribution in [-0.4, -0.2) is 27.1 Å². The van der Waals surface area contributed by atoms with E-state index < -0.39 is 6.23 Å². The van der Waals surface area contributed by atoms with Crippen molar-refractivity contribution < 1.29 is 10.3 Å². The molecule has 56 valence electrons. The lowest BCUT2D eigenvalue weighted by Gasteiger charge is -2.31. The normalized spacial score (nSPS) is 16.3. The van der Waals surface area contributed by atoms with Gasteiger partial charge in [0.2, 0.25) is 0 Å². The maximum atomic E-state index is 9.05. The first-order chi connectivity index (χ1) is 3.85. The van der Waals surface area contributed by atoms with Crippen molar-refractivity contribution in [2.24, 2.45) is 0 Å². The maximum absolute atomic E-state index is 9.05. The zero-order valence-electron chi connectivity index (χ0n) is 6.42. The van der Waals surface area contributed by atoms with Crippen molar-refractivity contribution in [3.8, 4) is 0 Å². The summed E-state index contributed by atoms with van der Waals surface area (Å²) in [6.07, 6.45) is -0.801. The fourth-order valence-corrected chi connectivity index (χ4v) is 0.561. The molecule has 9 heavy (non-hydrogen) atoms. The highest BCUT2D eigenvalue weighted by atomic mass is 16.5. The highest BCUT2D eigenvalue weighted by molar-refractivity contribution is 4.68. The zero-order valence-corrected chi connectivity index (χ0v) is 6.42. The van der Waals surface area contributed by atoms with Crippen LogP contribution < -0.4 is 0 Å². The van der Waals surface area contributed by atoms with Gasteiger partial charge in [-0.1, -0.05) is 0 Å². The van der Waals surface area contributed by atoms with Gasteiger partial charge in [-0.15, -0.1) is 0 Å². The molecular weight excluding hydrogens is 118 g/mol. The van der Waals surface area contributed by atoms with Gasteiger partial charge in [0, 0.05) is 5.54 Å². The topological polar surface area (TPSA) is 43.7 Å². The summed E-state index contributed by atoms with van der Waals surface area (Å²) in [7, 11) is 0. The molecule has 2 N–H and O–H groups in total. The minimum absolute atomic E-state index is 0.381. The van der Waals surface area contributed by atoms with Crippen molar-refractivity contribution in [3.05, 3.63) is 0 Å². The summed E-state index contributed by atoms with van der Waals surface area (Å²) in [5, 5.41) is 18.8. The van der Waals surface area contributed by atoms with Crippen molar-refractivity contribution in [1.29, 1.82) is 0 Å². The van der Waals surface area contributed by atoms with Crippen LogP contribution in [0.1, 0.15) is 27.7 Å². The van der Waals surface area contributed by atoms with Gasteiger partial charge in [-0.3, -0.25) is 0 Å². The van der Waals surface area contributed by atoms with Gasteiger partial charge in [-0.05, 0) is 27.7 Å². The van der Waals surface area contributed by atoms with E-state index in [1.54, 1.807) is 0 Å². The van der Waals surface area contributed by atoms with Gasteiger partial charge in [0.05, 0.1) is 0 Å². The second-order valence-corrected chi connectivity index (χ2v) is 3.15. The molecule has 0 saturated heterocycles. The standard InChI is InChI=1S/C6H15NO2/c1-5(8)7(9)6(2,3)4/h5,8-9H,1-4H3. The van der Waals surface area contributed by atoms with Gasteiger partial charge in [0.15, 0.2) is 0 Å². The van der Waals surface area contributed by atoms with E-state index in [1.807, 2.05) is 20.8 Å². The average molecular weight is 133 g/mol. The number of hydrogen-bond acceptors (Lipinski definition) is 3. The van der Waals surface area contributed by atoms with Crippen molar-refractivity contribution in [2.45, 2.75) is 39.5 Å². The van der Waals surface area contributed by atoms with E-state index in [2.05, 4.69) is 0 Å². The van der Waals surface area contributed by atoms with Crippen LogP contribution in [-0.2, 0) is 0 Å². The molecule has 1 unspecified atom stereocenters. The summed E-state index contributed by atoms with van der Waals surface area (Å²) in [5.41, 5.74) is -0.381. The Morgan fingerprint density at radius 1 is 1.33 bits per heavy atom. The Morgan fingerprint density at radius 3 is 1.67 bits per heavy atom. The lowest BCUT2D eigenvalue weighted by atomic mass is 10.1. The smallest absolute Gasteiger partial charge is 0.127 e. The zero-order chi connectivity index (χ0) is 7.65. The van der Waals surface area contributed by atoms with Crippen molar-refractivity contribution in [1.82, 2.24) is 5.06 Å². The minimum atomic E-state index is -0.801. The van der Waals surface area contributed by atoms with Gasteiger partial charge in [0.25, 0.3) is 0 Å². The number of rotatable bonds is 1. The summed E-state index contributed by atoms with van der Waals surface area (Å²) >= 11 is 0. The van der Waals surface area contributed by atoms with E-state index in [1.165, 1.54) is 6.92 Å². The summed E-state index contributed by atoms with van der Waals surface area (Å²) in [4.78, 5) is 0. The second-order valence-electron chi connectivity index (χ2n) is 3.15. The Kier molecular flexibility index (Phi) is 2.61. The number of nitrogens with zero attached hydrogens (tertiary/aromatic N) is 1. The third-order valence-electron chi connectivity index (χ3n) is 1.04. The number of hydrogen-bond donors (Lipinski definition) is 2. The van der Waals surface area contributed by atoms with E-state index in [-0.39, 0.29) is 5.54 Å². The van der Waals surface area contributed by atoms with Gasteiger partial charge in [-0.25, -0.2) is 0 Å². The molecule has 1 atom stereocenters. The van der Waals surface area contributed by atoms with Crippen LogP contribution in [0.15, 0.2) is 0 Å². The van der Waals surface area contributed by atoms with E-state index in [9.17, 15) is 0 Å². The molecule has 0 aromatic rings. The summed E-state index contributed by atoms with van der Waals surface area (Å²) in [5.74, 6) is 0. The van der Waals surface area contributed by atoms with E-state index in [0.717, 1.165) is 5.06 Å². The largest absolute Gasteiger partial charge is 0.377 e. The van der Waals surface area contributed by atoms with Gasteiger partial charge >= 0.3 is 0 Å². The molecule has 0 aromatic carbocycles. The molecule has 0 amide bonds. The Hall–Kier alpha value is -0.120. The minimum Gasteiger partial charge on any atom is -0.377 e. The van der Waals surface area contributed by atoms with Crippen LogP contribution in [0.5, 0.6) is 0 Å². The van der Waals surface area contributed by atoms with Crippen LogP contribution >= 0.6 is 0 Å². The van der Waals surface area contributed by atoms with Crippen LogP contribution in [0.2, 0.25) is 0 Å². The lowest BCUT2D eigenvalue weighted by Crippen LogP contribution is -2.44. The first-order valence-electron chi connectivity index (χ1n) is 3.02. The third kappa shape index (κ3) is 2.79. The fraction of sp³-hybridized carbons (Fsp3) is 1.00. The quantitative estimate of drug-likeness (QED) is 0.411. The number of hydroxylamine groups is 2. The molecule has 0 aromatic heterocycles. The molecule has 0 radical (unpaired) electrons. The second kappa shape index (κ2) is 2.64. The van der Waals surface area contributed by atoms with Crippen molar-refractivity contribution >= 4 is 0 Å². The van der Waals surface area contributed by atoms with Crippen LogP contribution in [0, 0.1) is 0 Å². The SMILES string of the molecule is CC(O)N(O)C(C)(C)C. The number of aliphatic hydroxyl groups excluding tert-OH is 1. The molecule has 0 rings (SSSR count). The summed E-state index contributed by atoms with van der Waals surface area (Å²) in [6, 6.07) is 0. The Labute approximate surface area is 55.9 Å². The van der Waals surface area contributed by atoms with Crippen LogP contribution in [0.25, 0.3) is 0 Å². The Balaban J connectivity index is 3.88. The van der Waals surface area contributed by atoms with Crippen LogP contribution in [0.3, 0.4) is 0 Å². The molecule has 0 saturated carbocycles. The van der Waals surface area contributed by atoms with Crippen molar-refractivity contribution in [2.75, 3.05) is 0 Å². The number of aliphatic hydroxyl groups is 1. The third-order valence-corrected chi connectivity index (χ3v) is 1.04. The van der Waals surface area contributed by atoms with Crippen LogP contribution in [0.4, 0.5) is 0 Å². The molecule has 0 fully saturated rings. The van der Waals surface area contributed by atoms with Gasteiger partial charge < -0.3 is 10.3 Å². The summed E-state index contributed by atoms with van der Waals surface area (Å²) in [6.45, 7) is 6.98. The molecular formula is C6H15NO2. The highest BCUT2D eigenvalue weighted by Crippen LogP contribution is 2.11. The average Bonchev–Trinajstić information content (AvgIpc) is 1.62. The predicted molar refractivity (Wildman–Crippen MR) is 35.1 cm³/mol. The highest BCUT2D eigenvalue weighted by Gasteiger charge is 2.22. The maximum Gasteiger partial charge on any atom is 0.127 e. The monoisotopic (exact) mass is 133 g/mol. The van der Waals surface area contributed by atoms with Crippen molar-refractivity contribution in [3.63, 3.8) is 0 Å². The summed E-state index contributed by atoms with van der Waals surface area (Å²) < 4.78 is 0. The Morgan fingerprint density at radius 2 is 1.67 bits per heavy atom. The fourth-order valence-electron chi connectivity index (χ4n) is 0.561. The molecule has 0 aliphatic carbocycles. The first kappa shape index (κ1) is 8.88. The van der Waals surface area contributed by atoms with Gasteiger partial charge in [-0.2, -0.15) is 5.06 Å². The molecule has 3 heteroatoms. The molecule has 0 aliphatic heterocycles. The molecule has 3 nitrogen and oxygen atoms in total.